The Balaban J connectivity index is 1.80. The van der Waals surface area contributed by atoms with Gasteiger partial charge in [-0.3, -0.25) is 9.59 Å². The minimum absolute atomic E-state index is 0.0567. The lowest BCUT2D eigenvalue weighted by atomic mass is 9.88. The van der Waals surface area contributed by atoms with Crippen LogP contribution in [0.4, 0.5) is 5.69 Å². The summed E-state index contributed by atoms with van der Waals surface area (Å²) in [5.41, 5.74) is 9.01. The molecular weight excluding hydrogens is 290 g/mol. The van der Waals surface area contributed by atoms with Gasteiger partial charge in [0.15, 0.2) is 5.78 Å². The highest BCUT2D eigenvalue weighted by Gasteiger charge is 2.37. The molecule has 1 aliphatic carbocycles. The van der Waals surface area contributed by atoms with E-state index in [0.29, 0.717) is 24.1 Å². The molecule has 2 aromatic rings. The minimum Gasteiger partial charge on any atom is -0.481 e. The highest BCUT2D eigenvalue weighted by Crippen LogP contribution is 2.34. The van der Waals surface area contributed by atoms with Crippen LogP contribution in [0.25, 0.3) is 11.1 Å². The van der Waals surface area contributed by atoms with E-state index in [0.717, 1.165) is 17.5 Å². The normalized spacial score (nSPS) is 20.3. The zero-order valence-corrected chi connectivity index (χ0v) is 12.7. The molecule has 0 heterocycles. The molecule has 4 nitrogen and oxygen atoms in total. The zero-order chi connectivity index (χ0) is 16.4. The number of benzene rings is 2. The van der Waals surface area contributed by atoms with Gasteiger partial charge in [0.25, 0.3) is 0 Å². The second-order valence-corrected chi connectivity index (χ2v) is 6.05. The predicted molar refractivity (Wildman–Crippen MR) is 89.1 cm³/mol. The summed E-state index contributed by atoms with van der Waals surface area (Å²) in [4.78, 5) is 23.8. The Bertz CT molecular complexity index is 719. The molecule has 23 heavy (non-hydrogen) atoms. The molecule has 0 aromatic heterocycles. The van der Waals surface area contributed by atoms with Crippen molar-refractivity contribution in [2.24, 2.45) is 11.8 Å². The van der Waals surface area contributed by atoms with Gasteiger partial charge >= 0.3 is 5.97 Å². The van der Waals surface area contributed by atoms with Gasteiger partial charge in [0.2, 0.25) is 0 Å². The summed E-state index contributed by atoms with van der Waals surface area (Å²) in [6, 6.07) is 14.9. The maximum absolute atomic E-state index is 12.6. The second-order valence-electron chi connectivity index (χ2n) is 6.05. The third-order valence-electron chi connectivity index (χ3n) is 4.58. The van der Waals surface area contributed by atoms with E-state index in [1.54, 1.807) is 12.1 Å². The molecule has 3 rings (SSSR count). The number of ketones is 1. The van der Waals surface area contributed by atoms with Gasteiger partial charge in [0.1, 0.15) is 0 Å². The van der Waals surface area contributed by atoms with Crippen molar-refractivity contribution in [3.63, 3.8) is 0 Å². The molecule has 4 heteroatoms. The van der Waals surface area contributed by atoms with E-state index in [-0.39, 0.29) is 5.78 Å². The van der Waals surface area contributed by atoms with E-state index in [2.05, 4.69) is 0 Å². The van der Waals surface area contributed by atoms with E-state index in [1.165, 1.54) is 0 Å². The Morgan fingerprint density at radius 3 is 1.96 bits per heavy atom. The minimum atomic E-state index is -0.862. The average Bonchev–Trinajstić information content (AvgIpc) is 3.05. The maximum Gasteiger partial charge on any atom is 0.307 e. The second kappa shape index (κ2) is 6.24. The van der Waals surface area contributed by atoms with Gasteiger partial charge in [0, 0.05) is 17.2 Å². The first-order valence-electron chi connectivity index (χ1n) is 7.79. The molecule has 0 unspecified atom stereocenters. The number of carboxylic acids is 1. The smallest absolute Gasteiger partial charge is 0.307 e. The highest BCUT2D eigenvalue weighted by molar-refractivity contribution is 6.00. The molecule has 2 aromatic carbocycles. The van der Waals surface area contributed by atoms with Crippen molar-refractivity contribution in [1.29, 1.82) is 0 Å². The molecule has 0 saturated heterocycles. The van der Waals surface area contributed by atoms with Crippen molar-refractivity contribution < 1.29 is 14.7 Å². The molecule has 2 atom stereocenters. The van der Waals surface area contributed by atoms with Crippen LogP contribution in [-0.2, 0) is 4.79 Å². The van der Waals surface area contributed by atoms with Crippen molar-refractivity contribution in [2.45, 2.75) is 19.3 Å². The van der Waals surface area contributed by atoms with Crippen molar-refractivity contribution in [3.05, 3.63) is 54.1 Å². The van der Waals surface area contributed by atoms with Gasteiger partial charge in [-0.1, -0.05) is 42.8 Å². The number of anilines is 1. The summed E-state index contributed by atoms with van der Waals surface area (Å²) in [6.45, 7) is 0. The Labute approximate surface area is 134 Å². The van der Waals surface area contributed by atoms with Crippen molar-refractivity contribution in [1.82, 2.24) is 0 Å². The standard InChI is InChI=1S/C19H19NO3/c20-15-10-8-13(9-11-15)12-4-6-14(7-5-12)18(21)16-2-1-3-17(16)19(22)23/h4-11,16-17H,1-3,20H2,(H,22,23)/t16-,17-/m0/s1. The third kappa shape index (κ3) is 3.11. The molecule has 0 aliphatic heterocycles. The largest absolute Gasteiger partial charge is 0.481 e. The summed E-state index contributed by atoms with van der Waals surface area (Å²) in [5, 5.41) is 9.23. The lowest BCUT2D eigenvalue weighted by Crippen LogP contribution is -2.25. The first-order chi connectivity index (χ1) is 11.1. The van der Waals surface area contributed by atoms with Crippen LogP contribution in [0.3, 0.4) is 0 Å². The summed E-state index contributed by atoms with van der Waals surface area (Å²) >= 11 is 0. The predicted octanol–water partition coefficient (Wildman–Crippen LogP) is 3.62. The molecule has 0 radical (unpaired) electrons. The molecule has 1 fully saturated rings. The quantitative estimate of drug-likeness (QED) is 0.667. The van der Waals surface area contributed by atoms with Crippen LogP contribution in [0.1, 0.15) is 29.6 Å². The van der Waals surface area contributed by atoms with Gasteiger partial charge in [-0.25, -0.2) is 0 Å². The molecule has 118 valence electrons. The van der Waals surface area contributed by atoms with Gasteiger partial charge in [-0.05, 0) is 36.1 Å². The number of hydrogen-bond donors (Lipinski definition) is 2. The van der Waals surface area contributed by atoms with Gasteiger partial charge < -0.3 is 10.8 Å². The number of nitrogens with two attached hydrogens (primary N) is 1. The lowest BCUT2D eigenvalue weighted by molar-refractivity contribution is -0.142. The van der Waals surface area contributed by atoms with Crippen LogP contribution in [0.2, 0.25) is 0 Å². The average molecular weight is 309 g/mol. The third-order valence-corrected chi connectivity index (χ3v) is 4.58. The molecule has 0 amide bonds. The van der Waals surface area contributed by atoms with Gasteiger partial charge in [0.05, 0.1) is 5.92 Å². The number of hydrogen-bond acceptors (Lipinski definition) is 3. The molecule has 1 aliphatic rings. The van der Waals surface area contributed by atoms with E-state index < -0.39 is 17.8 Å². The molecular formula is C19H19NO3. The van der Waals surface area contributed by atoms with Crippen molar-refractivity contribution >= 4 is 17.4 Å². The van der Waals surface area contributed by atoms with Crippen molar-refractivity contribution in [2.75, 3.05) is 5.73 Å². The van der Waals surface area contributed by atoms with Crippen molar-refractivity contribution in [3.8, 4) is 11.1 Å². The van der Waals surface area contributed by atoms with E-state index in [4.69, 9.17) is 5.73 Å². The maximum atomic E-state index is 12.6. The van der Waals surface area contributed by atoms with E-state index >= 15 is 0 Å². The zero-order valence-electron chi connectivity index (χ0n) is 12.7. The Morgan fingerprint density at radius 2 is 1.39 bits per heavy atom. The highest BCUT2D eigenvalue weighted by atomic mass is 16.4. The van der Waals surface area contributed by atoms with Crippen LogP contribution in [0.15, 0.2) is 48.5 Å². The molecule has 0 spiro atoms. The van der Waals surface area contributed by atoms with Crippen LogP contribution in [-0.4, -0.2) is 16.9 Å². The number of nitrogen functional groups attached to an aromatic ring is 1. The van der Waals surface area contributed by atoms with Gasteiger partial charge in [-0.2, -0.15) is 0 Å². The van der Waals surface area contributed by atoms with E-state index in [9.17, 15) is 14.7 Å². The fourth-order valence-electron chi connectivity index (χ4n) is 3.29. The molecule has 1 saturated carbocycles. The Morgan fingerprint density at radius 1 is 0.870 bits per heavy atom. The SMILES string of the molecule is Nc1ccc(-c2ccc(C(=O)[C@H]3CCC[C@@H]3C(=O)O)cc2)cc1. The number of rotatable bonds is 4. The van der Waals surface area contributed by atoms with Crippen LogP contribution >= 0.6 is 0 Å². The first-order valence-corrected chi connectivity index (χ1v) is 7.79. The summed E-state index contributed by atoms with van der Waals surface area (Å²) < 4.78 is 0. The first kappa shape index (κ1) is 15.3. The topological polar surface area (TPSA) is 80.4 Å². The van der Waals surface area contributed by atoms with E-state index in [1.807, 2.05) is 36.4 Å². The monoisotopic (exact) mass is 309 g/mol. The fourth-order valence-corrected chi connectivity index (χ4v) is 3.29. The number of carbonyl (C=O) groups excluding carboxylic acids is 1. The van der Waals surface area contributed by atoms with Crippen LogP contribution < -0.4 is 5.73 Å². The number of carboxylic acid groups (broad SMARTS) is 1. The Kier molecular flexibility index (Phi) is 4.15. The summed E-state index contributed by atoms with van der Waals surface area (Å²) in [7, 11) is 0. The van der Waals surface area contributed by atoms with Gasteiger partial charge in [-0.15, -0.1) is 0 Å². The number of aliphatic carboxylic acids is 1. The molecule has 0 bridgehead atoms. The Hall–Kier alpha value is -2.62. The number of Topliss-reactive ketones (excluding diaryl/α,β-unsaturated/α-hetero) is 1. The number of carbonyl (C=O) groups is 2. The van der Waals surface area contributed by atoms with Crippen LogP contribution in [0, 0.1) is 11.8 Å². The summed E-state index contributed by atoms with van der Waals surface area (Å²) in [6.07, 6.45) is 2.06. The summed E-state index contributed by atoms with van der Waals surface area (Å²) in [5.74, 6) is -1.85. The lowest BCUT2D eigenvalue weighted by Gasteiger charge is -2.14. The fraction of sp³-hybridized carbons (Fsp3) is 0.263. The molecule has 3 N–H and O–H groups in total. The van der Waals surface area contributed by atoms with Crippen LogP contribution in [0.5, 0.6) is 0 Å².